The predicted octanol–water partition coefficient (Wildman–Crippen LogP) is 3.21. The fourth-order valence-corrected chi connectivity index (χ4v) is 4.08. The average Bonchev–Trinajstić information content (AvgIpc) is 3.48. The third kappa shape index (κ3) is 3.99. The van der Waals surface area contributed by atoms with E-state index in [2.05, 4.69) is 64.1 Å². The highest BCUT2D eigenvalue weighted by Gasteiger charge is 2.32. The Kier molecular flexibility index (Phi) is 5.29. The molecule has 1 saturated carbocycles. The van der Waals surface area contributed by atoms with Crippen LogP contribution < -0.4 is 5.56 Å². The third-order valence-electron chi connectivity index (χ3n) is 5.38. The van der Waals surface area contributed by atoms with Crippen LogP contribution in [0.2, 0.25) is 0 Å². The molecule has 0 unspecified atom stereocenters. The smallest absolute Gasteiger partial charge is 0.266 e. The van der Waals surface area contributed by atoms with E-state index in [-0.39, 0.29) is 24.1 Å². The maximum absolute atomic E-state index is 13.1. The Hall–Kier alpha value is -2.48. The van der Waals surface area contributed by atoms with Crippen LogP contribution in [0.15, 0.2) is 40.0 Å². The van der Waals surface area contributed by atoms with Gasteiger partial charge in [-0.05, 0) is 45.8 Å². The van der Waals surface area contributed by atoms with E-state index in [0.29, 0.717) is 28.1 Å². The first-order valence-electron chi connectivity index (χ1n) is 9.81. The second kappa shape index (κ2) is 7.74. The van der Waals surface area contributed by atoms with E-state index in [9.17, 15) is 9.59 Å². The molecule has 0 spiro atoms. The van der Waals surface area contributed by atoms with Crippen molar-refractivity contribution in [2.75, 3.05) is 0 Å². The molecule has 2 heterocycles. The van der Waals surface area contributed by atoms with Crippen LogP contribution in [0.5, 0.6) is 0 Å². The first-order valence-corrected chi connectivity index (χ1v) is 10.6. The third-order valence-corrected chi connectivity index (χ3v) is 5.94. The first-order chi connectivity index (χ1) is 13.8. The van der Waals surface area contributed by atoms with Gasteiger partial charge in [0.25, 0.3) is 5.56 Å². The van der Waals surface area contributed by atoms with E-state index in [1.54, 1.807) is 11.7 Å². The highest BCUT2D eigenvalue weighted by Crippen LogP contribution is 2.29. The molecule has 1 fully saturated rings. The number of hydrogen-bond donors (Lipinski definition) is 0. The zero-order valence-electron chi connectivity index (χ0n) is 16.8. The van der Waals surface area contributed by atoms with E-state index in [1.807, 2.05) is 4.90 Å². The highest BCUT2D eigenvalue weighted by molar-refractivity contribution is 9.10. The molecule has 0 radical (unpaired) electrons. The summed E-state index contributed by atoms with van der Waals surface area (Å²) in [6.07, 6.45) is 3.45. The molecular formula is C21H24BrN5O2. The van der Waals surface area contributed by atoms with Crippen LogP contribution in [0.3, 0.4) is 0 Å². The molecule has 0 aliphatic heterocycles. The van der Waals surface area contributed by atoms with Gasteiger partial charge < -0.3 is 4.90 Å². The number of benzene rings is 1. The fraction of sp³-hybridized carbons (Fsp3) is 0.429. The van der Waals surface area contributed by atoms with Crippen LogP contribution in [-0.4, -0.2) is 36.2 Å². The summed E-state index contributed by atoms with van der Waals surface area (Å²) in [6, 6.07) is 8.68. The second-order valence-electron chi connectivity index (χ2n) is 7.94. The molecule has 0 atom stereocenters. The minimum Gasteiger partial charge on any atom is -0.334 e. The summed E-state index contributed by atoms with van der Waals surface area (Å²) in [5, 5.41) is 4.58. The van der Waals surface area contributed by atoms with Gasteiger partial charge in [0.05, 0.1) is 0 Å². The molecule has 4 rings (SSSR count). The fourth-order valence-electron chi connectivity index (χ4n) is 3.50. The number of aromatic nitrogens is 4. The summed E-state index contributed by atoms with van der Waals surface area (Å²) >= 11 is 3.31. The van der Waals surface area contributed by atoms with Crippen LogP contribution in [0, 0.1) is 0 Å². The van der Waals surface area contributed by atoms with Crippen LogP contribution in [0.4, 0.5) is 0 Å². The molecule has 1 aliphatic carbocycles. The van der Waals surface area contributed by atoms with Crippen LogP contribution in [-0.2, 0) is 24.9 Å². The van der Waals surface area contributed by atoms with E-state index < -0.39 is 0 Å². The largest absolute Gasteiger partial charge is 0.334 e. The van der Waals surface area contributed by atoms with Crippen molar-refractivity contribution in [3.63, 3.8) is 0 Å². The molecule has 0 bridgehead atoms. The zero-order valence-corrected chi connectivity index (χ0v) is 18.4. The minimum absolute atomic E-state index is 0.0241. The van der Waals surface area contributed by atoms with Crippen molar-refractivity contribution in [3.05, 3.63) is 56.7 Å². The SMILES string of the molecule is CC(C)c1ccc(CN(C(=O)Cn2cnc3c(c(Br)nn3C)c2=O)C2CC2)cc1. The standard InChI is InChI=1S/C21H24BrN5O2/c1-13(2)15-6-4-14(5-7-15)10-27(16-8-9-16)17(28)11-26-12-23-20-18(21(26)29)19(22)24-25(20)3/h4-7,12-13,16H,8-11H2,1-3H3. The normalized spacial score (nSPS) is 14.0. The molecule has 7 nitrogen and oxygen atoms in total. The van der Waals surface area contributed by atoms with E-state index in [4.69, 9.17) is 0 Å². The van der Waals surface area contributed by atoms with Gasteiger partial charge in [-0.1, -0.05) is 38.1 Å². The van der Waals surface area contributed by atoms with Gasteiger partial charge in [-0.3, -0.25) is 14.2 Å². The summed E-state index contributed by atoms with van der Waals surface area (Å²) in [6.45, 7) is 4.86. The number of carbonyl (C=O) groups is 1. The summed E-state index contributed by atoms with van der Waals surface area (Å²) in [5.41, 5.74) is 2.62. The van der Waals surface area contributed by atoms with E-state index >= 15 is 0 Å². The Labute approximate surface area is 177 Å². The molecular weight excluding hydrogens is 434 g/mol. The van der Waals surface area contributed by atoms with Gasteiger partial charge in [-0.2, -0.15) is 5.10 Å². The van der Waals surface area contributed by atoms with Crippen molar-refractivity contribution in [2.24, 2.45) is 7.05 Å². The monoisotopic (exact) mass is 457 g/mol. The summed E-state index contributed by atoms with van der Waals surface area (Å²) in [5.74, 6) is 0.412. The van der Waals surface area contributed by atoms with Gasteiger partial charge >= 0.3 is 0 Å². The van der Waals surface area contributed by atoms with Crippen molar-refractivity contribution >= 4 is 32.9 Å². The maximum atomic E-state index is 13.1. The average molecular weight is 458 g/mol. The second-order valence-corrected chi connectivity index (χ2v) is 8.69. The lowest BCUT2D eigenvalue weighted by Gasteiger charge is -2.23. The predicted molar refractivity (Wildman–Crippen MR) is 115 cm³/mol. The summed E-state index contributed by atoms with van der Waals surface area (Å²) in [7, 11) is 1.73. The number of halogens is 1. The molecule has 0 N–H and O–H groups in total. The Balaban J connectivity index is 1.55. The van der Waals surface area contributed by atoms with Crippen molar-refractivity contribution in [1.82, 2.24) is 24.2 Å². The molecule has 29 heavy (non-hydrogen) atoms. The minimum atomic E-state index is -0.264. The van der Waals surface area contributed by atoms with Gasteiger partial charge in [0.2, 0.25) is 5.91 Å². The number of amides is 1. The van der Waals surface area contributed by atoms with Crippen LogP contribution in [0.1, 0.15) is 43.7 Å². The molecule has 1 aliphatic rings. The lowest BCUT2D eigenvalue weighted by atomic mass is 10.0. The van der Waals surface area contributed by atoms with E-state index in [0.717, 1.165) is 18.4 Å². The molecule has 1 amide bonds. The van der Waals surface area contributed by atoms with Gasteiger partial charge in [0.15, 0.2) is 5.65 Å². The lowest BCUT2D eigenvalue weighted by Crippen LogP contribution is -2.37. The number of rotatable bonds is 6. The number of carbonyl (C=O) groups excluding carboxylic acids is 1. The topological polar surface area (TPSA) is 73.0 Å². The van der Waals surface area contributed by atoms with E-state index in [1.165, 1.54) is 16.5 Å². The molecule has 2 aromatic heterocycles. The van der Waals surface area contributed by atoms with Crippen molar-refractivity contribution in [3.8, 4) is 0 Å². The lowest BCUT2D eigenvalue weighted by molar-refractivity contribution is -0.133. The quantitative estimate of drug-likeness (QED) is 0.569. The first kappa shape index (κ1) is 19.8. The van der Waals surface area contributed by atoms with Gasteiger partial charge in [0, 0.05) is 19.6 Å². The maximum Gasteiger partial charge on any atom is 0.266 e. The van der Waals surface area contributed by atoms with Crippen LogP contribution in [0.25, 0.3) is 11.0 Å². The molecule has 8 heteroatoms. The number of fused-ring (bicyclic) bond motifs is 1. The molecule has 152 valence electrons. The van der Waals surface area contributed by atoms with Crippen molar-refractivity contribution in [1.29, 1.82) is 0 Å². The summed E-state index contributed by atoms with van der Waals surface area (Å²) < 4.78 is 3.36. The van der Waals surface area contributed by atoms with Gasteiger partial charge in [-0.15, -0.1) is 0 Å². The Morgan fingerprint density at radius 3 is 2.59 bits per heavy atom. The Morgan fingerprint density at radius 2 is 1.97 bits per heavy atom. The number of nitrogens with zero attached hydrogens (tertiary/aromatic N) is 5. The van der Waals surface area contributed by atoms with Gasteiger partial charge in [-0.25, -0.2) is 9.67 Å². The number of hydrogen-bond acceptors (Lipinski definition) is 4. The Morgan fingerprint density at radius 1 is 1.28 bits per heavy atom. The Bertz CT molecular complexity index is 1110. The molecule has 3 aromatic rings. The van der Waals surface area contributed by atoms with Crippen molar-refractivity contribution in [2.45, 2.75) is 51.7 Å². The molecule has 1 aromatic carbocycles. The van der Waals surface area contributed by atoms with Gasteiger partial charge in [0.1, 0.15) is 22.9 Å². The summed E-state index contributed by atoms with van der Waals surface area (Å²) in [4.78, 5) is 32.1. The van der Waals surface area contributed by atoms with Crippen molar-refractivity contribution < 1.29 is 4.79 Å². The van der Waals surface area contributed by atoms with Crippen LogP contribution >= 0.6 is 15.9 Å². The highest BCUT2D eigenvalue weighted by atomic mass is 79.9. The zero-order chi connectivity index (χ0) is 20.7. The molecule has 0 saturated heterocycles. The number of aryl methyl sites for hydroxylation is 1.